The Kier molecular flexibility index (Phi) is 34.5. The molecular weight excluding hydrogens is 829 g/mol. The average Bonchev–Trinajstić information content (AvgIpc) is 3.81. The average molecular weight is 875 g/mol. The molecule has 0 nitrogen and oxygen atoms in total. The summed E-state index contributed by atoms with van der Waals surface area (Å²) in [6.07, 6.45) is 20.0. The van der Waals surface area contributed by atoms with Crippen LogP contribution in [0, 0.1) is 56.7 Å². The molecule has 0 unspecified atom stereocenters. The molecule has 0 atom stereocenters. The van der Waals surface area contributed by atoms with Gasteiger partial charge in [0.1, 0.15) is 0 Å². The van der Waals surface area contributed by atoms with Crippen LogP contribution in [-0.2, 0) is 47.1 Å². The first kappa shape index (κ1) is 56.2. The van der Waals surface area contributed by atoms with E-state index in [2.05, 4.69) is 121 Å². The van der Waals surface area contributed by atoms with Gasteiger partial charge >= 0.3 is 64.1 Å². The molecule has 4 aromatic rings. The second-order valence-corrected chi connectivity index (χ2v) is 13.1. The molecule has 0 saturated carbocycles. The number of hydrogen-bond donors (Lipinski definition) is 0. The molecule has 4 aliphatic carbocycles. The molecule has 4 aliphatic rings. The molecule has 48 heavy (non-hydrogen) atoms. The SMILES string of the molecule is [C-]1=CC=CC1.[C-]1=CC=CC1.[CH3-].[CH3-].[CH3-].[CH3-].[CH3-].[CH3-].[Cl-].[Cl-].[Cl][Zr][Cl].[Zr+2].c1ccc2c(c1)-c1ccccc1C2C1c2ccccc2-c2ccccc21. The predicted molar refractivity (Wildman–Crippen MR) is 201 cm³/mol. The molecule has 4 aromatic carbocycles. The Hall–Kier alpha value is -1.23. The fraction of sp³-hybridized carbons (Fsp3) is 0.0952. The van der Waals surface area contributed by atoms with Crippen molar-refractivity contribution in [3.05, 3.63) is 212 Å². The van der Waals surface area contributed by atoms with Crippen LogP contribution in [-0.4, -0.2) is 0 Å². The molecule has 0 amide bonds. The van der Waals surface area contributed by atoms with Gasteiger partial charge in [-0.15, -0.1) is 12.8 Å². The van der Waals surface area contributed by atoms with Crippen LogP contribution in [0.1, 0.15) is 46.9 Å². The van der Waals surface area contributed by atoms with Crippen molar-refractivity contribution in [1.29, 1.82) is 0 Å². The van der Waals surface area contributed by atoms with Crippen LogP contribution in [0.5, 0.6) is 0 Å². The molecule has 0 fully saturated rings. The van der Waals surface area contributed by atoms with Gasteiger partial charge in [0.25, 0.3) is 0 Å². The summed E-state index contributed by atoms with van der Waals surface area (Å²) in [5, 5.41) is 0. The molecule has 0 spiro atoms. The van der Waals surface area contributed by atoms with E-state index in [1.807, 2.05) is 24.3 Å². The summed E-state index contributed by atoms with van der Waals surface area (Å²) in [5.74, 6) is 0.763. The van der Waals surface area contributed by atoms with Crippen molar-refractivity contribution in [2.75, 3.05) is 0 Å². The molecule has 8 rings (SSSR count). The summed E-state index contributed by atoms with van der Waals surface area (Å²) in [6.45, 7) is 0. The number of hydrogen-bond acceptors (Lipinski definition) is 0. The van der Waals surface area contributed by atoms with Crippen LogP contribution in [0.2, 0.25) is 0 Å². The van der Waals surface area contributed by atoms with E-state index in [4.69, 9.17) is 17.0 Å². The van der Waals surface area contributed by atoms with E-state index >= 15 is 0 Å². The van der Waals surface area contributed by atoms with Gasteiger partial charge in [-0.1, -0.05) is 97.1 Å². The van der Waals surface area contributed by atoms with Gasteiger partial charge in [-0.25, -0.2) is 24.3 Å². The zero-order chi connectivity index (χ0) is 26.9. The van der Waals surface area contributed by atoms with E-state index in [0.717, 1.165) is 12.8 Å². The molecule has 6 heteroatoms. The third kappa shape index (κ3) is 13.1. The first-order valence-electron chi connectivity index (χ1n) is 13.1. The second kappa shape index (κ2) is 29.5. The molecule has 0 aromatic heterocycles. The Balaban J connectivity index is -0.000000242. The summed E-state index contributed by atoms with van der Waals surface area (Å²) in [6, 6.07) is 35.8. The summed E-state index contributed by atoms with van der Waals surface area (Å²) < 4.78 is 0. The summed E-state index contributed by atoms with van der Waals surface area (Å²) in [4.78, 5) is 0. The molecule has 0 radical (unpaired) electrons. The van der Waals surface area contributed by atoms with Gasteiger partial charge in [-0.05, 0) is 44.5 Å². The third-order valence-corrected chi connectivity index (χ3v) is 7.27. The zero-order valence-corrected chi connectivity index (χ0v) is 36.7. The van der Waals surface area contributed by atoms with Crippen LogP contribution in [0.25, 0.3) is 22.3 Å². The van der Waals surface area contributed by atoms with Crippen molar-refractivity contribution in [3.8, 4) is 22.3 Å². The Morgan fingerprint density at radius 3 is 0.854 bits per heavy atom. The standard InChI is InChI=1S/C26H18.2C5H5.6CH3.4ClH.2Zr/c1-5-13-21-17(9-1)18-10-2-6-14-22(18)25(21)26-23-15-7-3-11-19(23)20-12-4-8-16-24(20)26;2*1-2-4-5-3-1;;;;;;;;;;;;/h1-16,25-26H;2*1-3H,4H2;6*1H3;4*1H;;/q;8*-1;;;;;2*+2/p-4. The van der Waals surface area contributed by atoms with E-state index in [-0.39, 0.29) is 95.6 Å². The number of allylic oxidation sites excluding steroid dienone is 8. The zero-order valence-electron chi connectivity index (χ0n) is 28.8. The first-order valence-corrected chi connectivity index (χ1v) is 19.4. The summed E-state index contributed by atoms with van der Waals surface area (Å²) in [5.41, 5.74) is 11.4. The van der Waals surface area contributed by atoms with Crippen molar-refractivity contribution in [2.45, 2.75) is 24.7 Å². The van der Waals surface area contributed by atoms with E-state index in [1.165, 1.54) is 44.5 Å². The normalized spacial score (nSPS) is 11.9. The summed E-state index contributed by atoms with van der Waals surface area (Å²) >= 11 is -0.826. The maximum absolute atomic E-state index is 4.93. The Labute approximate surface area is 344 Å². The minimum atomic E-state index is -0.826. The third-order valence-electron chi connectivity index (χ3n) is 7.27. The molecule has 258 valence electrons. The largest absolute Gasteiger partial charge is 2.00 e. The van der Waals surface area contributed by atoms with E-state index < -0.39 is 20.8 Å². The molecule has 0 saturated heterocycles. The predicted octanol–water partition coefficient (Wildman–Crippen LogP) is 7.31. The maximum Gasteiger partial charge on any atom is 2.00 e. The summed E-state index contributed by atoms with van der Waals surface area (Å²) in [7, 11) is 9.87. The van der Waals surface area contributed by atoms with E-state index in [9.17, 15) is 0 Å². The molecule has 0 N–H and O–H groups in total. The van der Waals surface area contributed by atoms with Gasteiger partial charge in [0.2, 0.25) is 0 Å². The first-order chi connectivity index (χ1) is 19.3. The maximum atomic E-state index is 4.93. The van der Waals surface area contributed by atoms with Gasteiger partial charge in [0.15, 0.2) is 0 Å². The van der Waals surface area contributed by atoms with Crippen LogP contribution in [0.15, 0.2) is 134 Å². The van der Waals surface area contributed by atoms with Crippen molar-refractivity contribution < 1.29 is 71.9 Å². The molecule has 0 aliphatic heterocycles. The fourth-order valence-electron chi connectivity index (χ4n) is 5.79. The van der Waals surface area contributed by atoms with E-state index in [1.54, 1.807) is 0 Å². The Bertz CT molecular complexity index is 1320. The van der Waals surface area contributed by atoms with E-state index in [0.29, 0.717) is 11.8 Å². The minimum Gasteiger partial charge on any atom is -0.0619 e. The second-order valence-electron chi connectivity index (χ2n) is 9.38. The smallest absolute Gasteiger partial charge is 0.0619 e. The van der Waals surface area contributed by atoms with Crippen molar-refractivity contribution >= 4 is 17.0 Å². The van der Waals surface area contributed by atoms with Crippen LogP contribution < -0.4 is 24.8 Å². The fourth-order valence-corrected chi connectivity index (χ4v) is 5.79. The molecule has 0 heterocycles. The number of rotatable bonds is 1. The Morgan fingerprint density at radius 1 is 0.458 bits per heavy atom. The van der Waals surface area contributed by atoms with Crippen molar-refractivity contribution in [2.24, 2.45) is 0 Å². The number of halogens is 4. The van der Waals surface area contributed by atoms with Gasteiger partial charge in [-0.3, -0.25) is 12.2 Å². The van der Waals surface area contributed by atoms with Gasteiger partial charge < -0.3 is 69.4 Å². The van der Waals surface area contributed by atoms with Gasteiger partial charge in [-0.2, -0.15) is 12.2 Å². The van der Waals surface area contributed by atoms with Crippen LogP contribution in [0.3, 0.4) is 0 Å². The number of benzene rings is 4. The van der Waals surface area contributed by atoms with Gasteiger partial charge in [0.05, 0.1) is 0 Å². The topological polar surface area (TPSA) is 0 Å². The van der Waals surface area contributed by atoms with Crippen LogP contribution in [0.4, 0.5) is 0 Å². The quantitative estimate of drug-likeness (QED) is 0.176. The van der Waals surface area contributed by atoms with Gasteiger partial charge in [0, 0.05) is 11.8 Å². The monoisotopic (exact) mass is 870 g/mol. The van der Waals surface area contributed by atoms with Crippen molar-refractivity contribution in [3.63, 3.8) is 0 Å². The minimum absolute atomic E-state index is 0. The van der Waals surface area contributed by atoms with Crippen molar-refractivity contribution in [1.82, 2.24) is 0 Å². The Morgan fingerprint density at radius 2 is 0.688 bits per heavy atom. The molecule has 0 bridgehead atoms. The van der Waals surface area contributed by atoms with Crippen LogP contribution >= 0.6 is 17.0 Å². The number of fused-ring (bicyclic) bond motifs is 6. The molecular formula is C42H46Cl4Zr2-8.